The zero-order valence-corrected chi connectivity index (χ0v) is 15.8. The number of fused-ring (bicyclic) bond motifs is 1. The number of esters is 1. The number of hydrogen-bond acceptors (Lipinski definition) is 6. The molecule has 0 unspecified atom stereocenters. The summed E-state index contributed by atoms with van der Waals surface area (Å²) in [5.41, 5.74) is 0.576. The van der Waals surface area contributed by atoms with Gasteiger partial charge in [0.05, 0.1) is 25.3 Å². The van der Waals surface area contributed by atoms with Crippen LogP contribution in [0.25, 0.3) is 0 Å². The highest BCUT2D eigenvalue weighted by Gasteiger charge is 2.25. The first-order valence-corrected chi connectivity index (χ1v) is 9.21. The van der Waals surface area contributed by atoms with Gasteiger partial charge in [-0.15, -0.1) is 0 Å². The average Bonchev–Trinajstić information content (AvgIpc) is 2.86. The number of amides is 1. The van der Waals surface area contributed by atoms with Gasteiger partial charge in [0.15, 0.2) is 0 Å². The molecule has 7 heteroatoms. The summed E-state index contributed by atoms with van der Waals surface area (Å²) in [6.07, 6.45) is 0.211. The summed E-state index contributed by atoms with van der Waals surface area (Å²) in [6, 6.07) is 14.4. The maximum absolute atomic E-state index is 12.3. The fraction of sp³-hybridized carbons (Fsp3) is 0.333. The van der Waals surface area contributed by atoms with Crippen molar-refractivity contribution in [1.29, 1.82) is 0 Å². The van der Waals surface area contributed by atoms with Crippen molar-refractivity contribution in [1.82, 2.24) is 0 Å². The second kappa shape index (κ2) is 9.64. The third kappa shape index (κ3) is 5.16. The monoisotopic (exact) mass is 385 g/mol. The van der Waals surface area contributed by atoms with Gasteiger partial charge in [0.1, 0.15) is 37.0 Å². The Morgan fingerprint density at radius 2 is 1.75 bits per heavy atom. The quantitative estimate of drug-likeness (QED) is 0.514. The van der Waals surface area contributed by atoms with Gasteiger partial charge in [-0.2, -0.15) is 0 Å². The maximum atomic E-state index is 12.3. The van der Waals surface area contributed by atoms with Gasteiger partial charge >= 0.3 is 5.97 Å². The molecule has 0 atom stereocenters. The summed E-state index contributed by atoms with van der Waals surface area (Å²) in [5.74, 6) is 1.34. The van der Waals surface area contributed by atoms with E-state index in [4.69, 9.17) is 18.9 Å². The molecule has 0 bridgehead atoms. The molecule has 0 fully saturated rings. The number of ether oxygens (including phenoxy) is 4. The first-order valence-electron chi connectivity index (χ1n) is 9.21. The van der Waals surface area contributed by atoms with E-state index in [-0.39, 0.29) is 38.7 Å². The molecule has 1 aliphatic heterocycles. The van der Waals surface area contributed by atoms with E-state index in [0.717, 1.165) is 5.75 Å². The molecule has 7 nitrogen and oxygen atoms in total. The van der Waals surface area contributed by atoms with Gasteiger partial charge in [0, 0.05) is 0 Å². The number of carbonyl (C=O) groups is 2. The van der Waals surface area contributed by atoms with Gasteiger partial charge in [0.2, 0.25) is 5.91 Å². The number of carbonyl (C=O) groups excluding carboxylic acids is 2. The van der Waals surface area contributed by atoms with Crippen LogP contribution in [0.5, 0.6) is 17.2 Å². The van der Waals surface area contributed by atoms with Gasteiger partial charge in [-0.1, -0.05) is 12.1 Å². The minimum atomic E-state index is -0.500. The molecule has 0 N–H and O–H groups in total. The first-order chi connectivity index (χ1) is 13.7. The van der Waals surface area contributed by atoms with Crippen LogP contribution in [0.4, 0.5) is 5.69 Å². The number of hydrogen-bond donors (Lipinski definition) is 0. The Hall–Kier alpha value is -3.22. The van der Waals surface area contributed by atoms with Crippen molar-refractivity contribution in [2.45, 2.75) is 13.3 Å². The van der Waals surface area contributed by atoms with Crippen LogP contribution < -0.4 is 19.1 Å². The lowest BCUT2D eigenvalue weighted by Gasteiger charge is -2.20. The Morgan fingerprint density at radius 1 is 1.04 bits per heavy atom. The smallest absolute Gasteiger partial charge is 0.326 e. The van der Waals surface area contributed by atoms with E-state index in [1.165, 1.54) is 4.90 Å². The fourth-order valence-electron chi connectivity index (χ4n) is 2.78. The van der Waals surface area contributed by atoms with Crippen LogP contribution in [0.2, 0.25) is 0 Å². The topological polar surface area (TPSA) is 74.3 Å². The molecule has 1 heterocycles. The van der Waals surface area contributed by atoms with E-state index in [9.17, 15) is 9.59 Å². The fourth-order valence-corrected chi connectivity index (χ4v) is 2.78. The van der Waals surface area contributed by atoms with E-state index in [1.54, 1.807) is 30.3 Å². The molecule has 0 radical (unpaired) electrons. The van der Waals surface area contributed by atoms with Crippen molar-refractivity contribution >= 4 is 17.6 Å². The molecule has 0 aliphatic carbocycles. The largest absolute Gasteiger partial charge is 0.494 e. The van der Waals surface area contributed by atoms with Crippen LogP contribution >= 0.6 is 0 Å². The second-order valence-corrected chi connectivity index (χ2v) is 6.02. The van der Waals surface area contributed by atoms with Crippen LogP contribution in [0.3, 0.4) is 0 Å². The lowest BCUT2D eigenvalue weighted by molar-refractivity contribution is -0.143. The predicted molar refractivity (Wildman–Crippen MR) is 103 cm³/mol. The van der Waals surface area contributed by atoms with Gasteiger partial charge in [0.25, 0.3) is 0 Å². The van der Waals surface area contributed by atoms with Gasteiger partial charge in [-0.3, -0.25) is 14.5 Å². The molecular formula is C21H23NO6. The summed E-state index contributed by atoms with van der Waals surface area (Å²) in [5, 5.41) is 0. The number of rotatable bonds is 8. The van der Waals surface area contributed by atoms with Gasteiger partial charge < -0.3 is 18.9 Å². The highest BCUT2D eigenvalue weighted by Crippen LogP contribution is 2.30. The zero-order chi connectivity index (χ0) is 19.8. The molecule has 148 valence electrons. The standard InChI is InChI=1S/C21H23NO6/c1-2-25-16-7-9-17(10-8-16)26-13-14-28-21(24)15-22-18-5-3-4-6-19(18)27-12-11-20(22)23/h3-10H,2,11-15H2,1H3. The van der Waals surface area contributed by atoms with Gasteiger partial charge in [-0.05, 0) is 43.3 Å². The van der Waals surface area contributed by atoms with Gasteiger partial charge in [-0.25, -0.2) is 0 Å². The minimum absolute atomic E-state index is 0.0895. The molecule has 2 aromatic carbocycles. The van der Waals surface area contributed by atoms with E-state index in [0.29, 0.717) is 23.8 Å². The Kier molecular flexibility index (Phi) is 6.73. The lowest BCUT2D eigenvalue weighted by Crippen LogP contribution is -2.36. The first kappa shape index (κ1) is 19.5. The summed E-state index contributed by atoms with van der Waals surface area (Å²) in [7, 11) is 0. The van der Waals surface area contributed by atoms with Crippen LogP contribution in [-0.4, -0.2) is 44.8 Å². The molecule has 0 saturated heterocycles. The molecule has 1 aliphatic rings. The molecular weight excluding hydrogens is 362 g/mol. The summed E-state index contributed by atoms with van der Waals surface area (Å²) >= 11 is 0. The second-order valence-electron chi connectivity index (χ2n) is 6.02. The third-order valence-electron chi connectivity index (χ3n) is 4.07. The van der Waals surface area contributed by atoms with E-state index < -0.39 is 5.97 Å². The molecule has 0 spiro atoms. The average molecular weight is 385 g/mol. The Morgan fingerprint density at radius 3 is 2.50 bits per heavy atom. The van der Waals surface area contributed by atoms with Crippen molar-refractivity contribution < 1.29 is 28.5 Å². The Labute approximate surface area is 163 Å². The van der Waals surface area contributed by atoms with E-state index in [1.807, 2.05) is 25.1 Å². The lowest BCUT2D eigenvalue weighted by atomic mass is 10.2. The number of benzene rings is 2. The van der Waals surface area contributed by atoms with Crippen molar-refractivity contribution in [3.63, 3.8) is 0 Å². The van der Waals surface area contributed by atoms with Crippen LogP contribution in [-0.2, 0) is 14.3 Å². The third-order valence-corrected chi connectivity index (χ3v) is 4.07. The zero-order valence-electron chi connectivity index (χ0n) is 15.8. The number of anilines is 1. The van der Waals surface area contributed by atoms with Crippen molar-refractivity contribution in [3.8, 4) is 17.2 Å². The number of nitrogens with zero attached hydrogens (tertiary/aromatic N) is 1. The highest BCUT2D eigenvalue weighted by molar-refractivity contribution is 5.99. The van der Waals surface area contributed by atoms with Crippen LogP contribution in [0, 0.1) is 0 Å². The highest BCUT2D eigenvalue weighted by atomic mass is 16.6. The normalized spacial score (nSPS) is 13.2. The molecule has 1 amide bonds. The number of para-hydroxylation sites is 2. The maximum Gasteiger partial charge on any atom is 0.326 e. The SMILES string of the molecule is CCOc1ccc(OCCOC(=O)CN2C(=O)CCOc3ccccc32)cc1. The summed E-state index contributed by atoms with van der Waals surface area (Å²) in [4.78, 5) is 25.9. The minimum Gasteiger partial charge on any atom is -0.494 e. The molecule has 0 aromatic heterocycles. The van der Waals surface area contributed by atoms with Crippen molar-refractivity contribution in [3.05, 3.63) is 48.5 Å². The van der Waals surface area contributed by atoms with E-state index in [2.05, 4.69) is 0 Å². The molecule has 3 rings (SSSR count). The summed E-state index contributed by atoms with van der Waals surface area (Å²) < 4.78 is 21.7. The molecule has 2 aromatic rings. The Balaban J connectivity index is 1.47. The van der Waals surface area contributed by atoms with E-state index >= 15 is 0 Å². The predicted octanol–water partition coefficient (Wildman–Crippen LogP) is 2.82. The van der Waals surface area contributed by atoms with Crippen LogP contribution in [0.1, 0.15) is 13.3 Å². The molecule has 28 heavy (non-hydrogen) atoms. The van der Waals surface area contributed by atoms with Crippen molar-refractivity contribution in [2.75, 3.05) is 37.9 Å². The molecule has 0 saturated carbocycles. The Bertz CT molecular complexity index is 805. The van der Waals surface area contributed by atoms with Crippen molar-refractivity contribution in [2.24, 2.45) is 0 Å². The summed E-state index contributed by atoms with van der Waals surface area (Å²) in [6.45, 7) is 2.95. The van der Waals surface area contributed by atoms with Crippen LogP contribution in [0.15, 0.2) is 48.5 Å².